The van der Waals surface area contributed by atoms with E-state index in [0.29, 0.717) is 22.4 Å². The monoisotopic (exact) mass is 508 g/mol. The zero-order valence-electron chi connectivity index (χ0n) is 16.3. The molecule has 0 aromatic carbocycles. The fourth-order valence-electron chi connectivity index (χ4n) is 2.02. The van der Waals surface area contributed by atoms with Crippen LogP contribution in [0.15, 0.2) is 45.9 Å². The maximum Gasteiger partial charge on any atom is 0.330 e. The Kier molecular flexibility index (Phi) is 11.1. The van der Waals surface area contributed by atoms with E-state index in [1.54, 1.807) is 47.0 Å². The lowest BCUT2D eigenvalue weighted by Gasteiger charge is -2.26. The van der Waals surface area contributed by atoms with Gasteiger partial charge in [-0.05, 0) is 24.7 Å². The van der Waals surface area contributed by atoms with Crippen molar-refractivity contribution in [2.75, 3.05) is 24.7 Å². The number of rotatable bonds is 12. The van der Waals surface area contributed by atoms with E-state index in [1.807, 2.05) is 23.5 Å². The average Bonchev–Trinajstić information content (AvgIpc) is 3.36. The first-order chi connectivity index (χ1) is 13.8. The normalized spacial score (nSPS) is 21.3. The standard InChI is InChI=1S/C19H24O4S6/c1-5-15(20)22-7-13-9-24-17(28-13)11-26-19(3,4)27-12-18-25-10-14(29-18)8-23-16(21)6-2/h5-6,9-10,17-18H,1-2,7-8,11-12H2,3-4H3. The number of thioether (sulfide) groups is 6. The van der Waals surface area contributed by atoms with Crippen molar-refractivity contribution in [2.45, 2.75) is 27.1 Å². The summed E-state index contributed by atoms with van der Waals surface area (Å²) in [4.78, 5) is 24.5. The van der Waals surface area contributed by atoms with Crippen LogP contribution in [0.1, 0.15) is 13.8 Å². The van der Waals surface area contributed by atoms with Crippen LogP contribution in [0.25, 0.3) is 0 Å². The van der Waals surface area contributed by atoms with Gasteiger partial charge in [0.2, 0.25) is 0 Å². The second-order valence-electron chi connectivity index (χ2n) is 6.18. The molecule has 0 radical (unpaired) electrons. The maximum absolute atomic E-state index is 11.2. The molecule has 10 heteroatoms. The molecule has 0 aromatic heterocycles. The van der Waals surface area contributed by atoms with Gasteiger partial charge in [0.15, 0.2) is 0 Å². The Bertz CT molecular complexity index is 632. The second-order valence-corrected chi connectivity index (χ2v) is 15.1. The molecule has 0 spiro atoms. The summed E-state index contributed by atoms with van der Waals surface area (Å²) in [6.07, 6.45) is 2.38. The summed E-state index contributed by atoms with van der Waals surface area (Å²) in [5.41, 5.74) is 0. The molecule has 2 heterocycles. The zero-order valence-corrected chi connectivity index (χ0v) is 21.2. The lowest BCUT2D eigenvalue weighted by atomic mass is 10.5. The number of ether oxygens (including phenoxy) is 2. The van der Waals surface area contributed by atoms with Crippen molar-refractivity contribution in [3.8, 4) is 0 Å². The van der Waals surface area contributed by atoms with Crippen molar-refractivity contribution < 1.29 is 19.1 Å². The van der Waals surface area contributed by atoms with Crippen LogP contribution < -0.4 is 0 Å². The molecule has 0 saturated carbocycles. The van der Waals surface area contributed by atoms with Crippen LogP contribution in [0.2, 0.25) is 0 Å². The summed E-state index contributed by atoms with van der Waals surface area (Å²) in [5, 5.41) is 4.18. The molecule has 2 aliphatic rings. The lowest BCUT2D eigenvalue weighted by Crippen LogP contribution is -2.15. The molecule has 0 bridgehead atoms. The Morgan fingerprint density at radius 1 is 0.966 bits per heavy atom. The van der Waals surface area contributed by atoms with E-state index < -0.39 is 0 Å². The van der Waals surface area contributed by atoms with Crippen LogP contribution >= 0.6 is 70.6 Å². The van der Waals surface area contributed by atoms with Crippen LogP contribution in [-0.4, -0.2) is 49.9 Å². The van der Waals surface area contributed by atoms with E-state index in [4.69, 9.17) is 9.47 Å². The Morgan fingerprint density at radius 3 is 1.76 bits per heavy atom. The minimum atomic E-state index is -0.383. The van der Waals surface area contributed by atoms with Gasteiger partial charge in [0.05, 0.1) is 13.2 Å². The van der Waals surface area contributed by atoms with Gasteiger partial charge in [-0.15, -0.1) is 70.6 Å². The second kappa shape index (κ2) is 12.8. The zero-order chi connectivity index (χ0) is 21.3. The molecule has 29 heavy (non-hydrogen) atoms. The van der Waals surface area contributed by atoms with Crippen LogP contribution in [-0.2, 0) is 19.1 Å². The molecule has 2 aliphatic heterocycles. The minimum absolute atomic E-state index is 0.109. The Morgan fingerprint density at radius 2 is 1.38 bits per heavy atom. The molecule has 2 unspecified atom stereocenters. The van der Waals surface area contributed by atoms with Gasteiger partial charge in [0, 0.05) is 33.5 Å². The summed E-state index contributed by atoms with van der Waals surface area (Å²) in [5.74, 6) is 1.28. The number of esters is 2. The fraction of sp³-hybridized carbons (Fsp3) is 0.474. The molecule has 0 amide bonds. The van der Waals surface area contributed by atoms with Crippen molar-refractivity contribution in [3.63, 3.8) is 0 Å². The van der Waals surface area contributed by atoms with E-state index in [2.05, 4.69) is 37.8 Å². The summed E-state index contributed by atoms with van der Waals surface area (Å²) >= 11 is 11.0. The highest BCUT2D eigenvalue weighted by Gasteiger charge is 2.28. The first-order valence-electron chi connectivity index (χ1n) is 8.70. The molecule has 4 nitrogen and oxygen atoms in total. The van der Waals surface area contributed by atoms with Gasteiger partial charge >= 0.3 is 11.9 Å². The first-order valence-corrected chi connectivity index (χ1v) is 14.3. The van der Waals surface area contributed by atoms with Crippen LogP contribution in [0.3, 0.4) is 0 Å². The fourth-order valence-corrected chi connectivity index (χ4v) is 9.79. The predicted octanol–water partition coefficient (Wildman–Crippen LogP) is 5.94. The van der Waals surface area contributed by atoms with E-state index in [1.165, 1.54) is 12.2 Å². The van der Waals surface area contributed by atoms with Crippen LogP contribution in [0.4, 0.5) is 0 Å². The van der Waals surface area contributed by atoms with Crippen molar-refractivity contribution in [1.82, 2.24) is 0 Å². The van der Waals surface area contributed by atoms with Crippen LogP contribution in [0, 0.1) is 0 Å². The third-order valence-electron chi connectivity index (χ3n) is 3.45. The highest BCUT2D eigenvalue weighted by molar-refractivity contribution is 8.26. The SMILES string of the molecule is C=CC(=O)OCC1=CSC(CSC(C)(C)SCC2SC=C(COC(=O)C=C)S2)S1. The Balaban J connectivity index is 1.61. The van der Waals surface area contributed by atoms with E-state index >= 15 is 0 Å². The number of carbonyl (C=O) groups is 2. The summed E-state index contributed by atoms with van der Waals surface area (Å²) in [6, 6.07) is 0. The van der Waals surface area contributed by atoms with Gasteiger partial charge in [-0.25, -0.2) is 9.59 Å². The molecular formula is C19H24O4S6. The maximum atomic E-state index is 11.2. The minimum Gasteiger partial charge on any atom is -0.457 e. The smallest absolute Gasteiger partial charge is 0.330 e. The summed E-state index contributed by atoms with van der Waals surface area (Å²) in [7, 11) is 0. The quantitative estimate of drug-likeness (QED) is 0.180. The Hall–Kier alpha value is -0.000000000000000222. The molecule has 2 atom stereocenters. The number of hydrogen-bond acceptors (Lipinski definition) is 10. The highest BCUT2D eigenvalue weighted by atomic mass is 32.2. The molecular weight excluding hydrogens is 485 g/mol. The molecule has 0 fully saturated rings. The van der Waals surface area contributed by atoms with E-state index in [-0.39, 0.29) is 16.0 Å². The van der Waals surface area contributed by atoms with Crippen molar-refractivity contribution in [2.24, 2.45) is 0 Å². The highest BCUT2D eigenvalue weighted by Crippen LogP contribution is 2.48. The number of hydrogen-bond donors (Lipinski definition) is 0. The Labute approximate surface area is 198 Å². The topological polar surface area (TPSA) is 52.6 Å². The molecule has 0 aliphatic carbocycles. The predicted molar refractivity (Wildman–Crippen MR) is 135 cm³/mol. The molecule has 0 saturated heterocycles. The van der Waals surface area contributed by atoms with Gasteiger partial charge < -0.3 is 9.47 Å². The van der Waals surface area contributed by atoms with E-state index in [9.17, 15) is 9.59 Å². The third-order valence-corrected chi connectivity index (χ3v) is 12.7. The van der Waals surface area contributed by atoms with Gasteiger partial charge in [0.1, 0.15) is 13.2 Å². The van der Waals surface area contributed by atoms with Gasteiger partial charge in [-0.2, -0.15) is 0 Å². The van der Waals surface area contributed by atoms with Crippen molar-refractivity contribution in [1.29, 1.82) is 0 Å². The molecule has 2 rings (SSSR count). The molecule has 0 N–H and O–H groups in total. The van der Waals surface area contributed by atoms with Gasteiger partial charge in [0.25, 0.3) is 0 Å². The third kappa shape index (κ3) is 9.78. The van der Waals surface area contributed by atoms with E-state index in [0.717, 1.165) is 21.3 Å². The number of carbonyl (C=O) groups excluding carboxylic acids is 2. The average molecular weight is 509 g/mol. The van der Waals surface area contributed by atoms with Crippen molar-refractivity contribution >= 4 is 82.5 Å². The first kappa shape index (κ1) is 25.3. The summed E-state index contributed by atoms with van der Waals surface area (Å²) in [6.45, 7) is 12.0. The van der Waals surface area contributed by atoms with Gasteiger partial charge in [-0.1, -0.05) is 13.2 Å². The van der Waals surface area contributed by atoms with Gasteiger partial charge in [-0.3, -0.25) is 0 Å². The largest absolute Gasteiger partial charge is 0.457 e. The summed E-state index contributed by atoms with van der Waals surface area (Å²) < 4.78 is 11.2. The van der Waals surface area contributed by atoms with Crippen LogP contribution in [0.5, 0.6) is 0 Å². The lowest BCUT2D eigenvalue weighted by molar-refractivity contribution is -0.137. The molecule has 0 aromatic rings. The van der Waals surface area contributed by atoms with Crippen molar-refractivity contribution in [3.05, 3.63) is 45.9 Å². The molecule has 160 valence electrons.